The number of rotatable bonds is 3. The van der Waals surface area contributed by atoms with E-state index >= 15 is 0 Å². The standard InChI is InChI=1S/C15H21NOS/c16-10-13-5-2-6-15(13)18(17)14-8-7-11-3-1-4-12(11)9-14/h7-9,13,15H,1-6,10,16H2. The average Bonchev–Trinajstić information content (AvgIpc) is 3.05. The molecule has 0 heterocycles. The van der Waals surface area contributed by atoms with Crippen LogP contribution in [0.15, 0.2) is 23.1 Å². The Hall–Kier alpha value is -0.670. The first-order chi connectivity index (χ1) is 8.79. The molecular weight excluding hydrogens is 242 g/mol. The number of fused-ring (bicyclic) bond motifs is 1. The third-order valence-electron chi connectivity index (χ3n) is 4.47. The SMILES string of the molecule is NCC1CCCC1S(=O)c1ccc2c(c1)CCC2. The lowest BCUT2D eigenvalue weighted by atomic mass is 10.1. The van der Waals surface area contributed by atoms with Crippen LogP contribution < -0.4 is 5.73 Å². The van der Waals surface area contributed by atoms with Crippen molar-refractivity contribution in [2.24, 2.45) is 11.7 Å². The molecule has 0 aliphatic heterocycles. The Morgan fingerprint density at radius 2 is 2.00 bits per heavy atom. The molecule has 2 aliphatic carbocycles. The van der Waals surface area contributed by atoms with Crippen LogP contribution in [0.3, 0.4) is 0 Å². The van der Waals surface area contributed by atoms with Crippen LogP contribution in [0.25, 0.3) is 0 Å². The Morgan fingerprint density at radius 3 is 2.83 bits per heavy atom. The van der Waals surface area contributed by atoms with E-state index in [-0.39, 0.29) is 5.25 Å². The van der Waals surface area contributed by atoms with E-state index in [1.54, 1.807) is 0 Å². The van der Waals surface area contributed by atoms with E-state index in [1.807, 2.05) is 0 Å². The predicted molar refractivity (Wildman–Crippen MR) is 75.1 cm³/mol. The molecule has 1 fully saturated rings. The minimum absolute atomic E-state index is 0.287. The van der Waals surface area contributed by atoms with E-state index in [0.717, 1.165) is 24.2 Å². The molecule has 3 unspecified atom stereocenters. The van der Waals surface area contributed by atoms with Gasteiger partial charge in [-0.05, 0) is 67.8 Å². The highest BCUT2D eigenvalue weighted by molar-refractivity contribution is 7.85. The van der Waals surface area contributed by atoms with Gasteiger partial charge in [-0.2, -0.15) is 0 Å². The Balaban J connectivity index is 1.84. The maximum Gasteiger partial charge on any atom is 0.0564 e. The summed E-state index contributed by atoms with van der Waals surface area (Å²) in [5, 5.41) is 0.287. The van der Waals surface area contributed by atoms with Crippen molar-refractivity contribution in [3.63, 3.8) is 0 Å². The molecule has 1 aromatic rings. The first kappa shape index (κ1) is 12.4. The lowest BCUT2D eigenvalue weighted by Crippen LogP contribution is -2.26. The summed E-state index contributed by atoms with van der Waals surface area (Å²) in [7, 11) is -0.861. The van der Waals surface area contributed by atoms with Crippen LogP contribution in [0, 0.1) is 5.92 Å². The number of aryl methyl sites for hydroxylation is 2. The van der Waals surface area contributed by atoms with Crippen LogP contribution in [0.1, 0.15) is 36.8 Å². The molecule has 2 aliphatic rings. The third kappa shape index (κ3) is 2.14. The van der Waals surface area contributed by atoms with Crippen LogP contribution in [0.2, 0.25) is 0 Å². The van der Waals surface area contributed by atoms with Crippen molar-refractivity contribution in [2.75, 3.05) is 6.54 Å². The molecule has 0 spiro atoms. The summed E-state index contributed by atoms with van der Waals surface area (Å²) in [6.45, 7) is 0.682. The molecule has 3 heteroatoms. The molecule has 98 valence electrons. The normalized spacial score (nSPS) is 28.3. The van der Waals surface area contributed by atoms with Gasteiger partial charge in [0.2, 0.25) is 0 Å². The average molecular weight is 263 g/mol. The van der Waals surface area contributed by atoms with Crippen molar-refractivity contribution in [1.82, 2.24) is 0 Å². The Bertz CT molecular complexity index is 472. The maximum atomic E-state index is 12.7. The van der Waals surface area contributed by atoms with Gasteiger partial charge in [0, 0.05) is 10.1 Å². The summed E-state index contributed by atoms with van der Waals surface area (Å²) in [5.74, 6) is 0.457. The summed E-state index contributed by atoms with van der Waals surface area (Å²) < 4.78 is 12.7. The van der Waals surface area contributed by atoms with Crippen molar-refractivity contribution >= 4 is 10.8 Å². The van der Waals surface area contributed by atoms with Crippen LogP contribution in [-0.4, -0.2) is 16.0 Å². The van der Waals surface area contributed by atoms with E-state index < -0.39 is 10.8 Å². The van der Waals surface area contributed by atoms with Gasteiger partial charge in [0.25, 0.3) is 0 Å². The zero-order valence-electron chi connectivity index (χ0n) is 10.7. The zero-order valence-corrected chi connectivity index (χ0v) is 11.5. The highest BCUT2D eigenvalue weighted by Crippen LogP contribution is 2.33. The summed E-state index contributed by atoms with van der Waals surface area (Å²) in [6, 6.07) is 6.44. The Labute approximate surface area is 111 Å². The topological polar surface area (TPSA) is 43.1 Å². The fourth-order valence-electron chi connectivity index (χ4n) is 3.40. The zero-order chi connectivity index (χ0) is 12.5. The molecule has 0 bridgehead atoms. The van der Waals surface area contributed by atoms with E-state index in [1.165, 1.54) is 30.4 Å². The highest BCUT2D eigenvalue weighted by atomic mass is 32.2. The van der Waals surface area contributed by atoms with E-state index in [2.05, 4.69) is 18.2 Å². The van der Waals surface area contributed by atoms with Gasteiger partial charge in [-0.25, -0.2) is 0 Å². The number of nitrogens with two attached hydrogens (primary N) is 1. The van der Waals surface area contributed by atoms with Gasteiger partial charge in [-0.3, -0.25) is 4.21 Å². The molecular formula is C15H21NOS. The first-order valence-electron chi connectivity index (χ1n) is 7.02. The van der Waals surface area contributed by atoms with Crippen LogP contribution in [0.5, 0.6) is 0 Å². The van der Waals surface area contributed by atoms with Crippen LogP contribution in [0.4, 0.5) is 0 Å². The Kier molecular flexibility index (Phi) is 3.53. The van der Waals surface area contributed by atoms with Gasteiger partial charge in [-0.15, -0.1) is 0 Å². The van der Waals surface area contributed by atoms with E-state index in [9.17, 15) is 4.21 Å². The van der Waals surface area contributed by atoms with Gasteiger partial charge in [0.1, 0.15) is 0 Å². The smallest absolute Gasteiger partial charge is 0.0564 e. The lowest BCUT2D eigenvalue weighted by molar-refractivity contribution is 0.557. The van der Waals surface area contributed by atoms with E-state index in [0.29, 0.717) is 12.5 Å². The number of hydrogen-bond donors (Lipinski definition) is 1. The maximum absolute atomic E-state index is 12.7. The molecule has 0 aromatic heterocycles. The molecule has 18 heavy (non-hydrogen) atoms. The lowest BCUT2D eigenvalue weighted by Gasteiger charge is -2.17. The second kappa shape index (κ2) is 5.14. The van der Waals surface area contributed by atoms with Gasteiger partial charge >= 0.3 is 0 Å². The molecule has 2 nitrogen and oxygen atoms in total. The number of benzene rings is 1. The van der Waals surface area contributed by atoms with Gasteiger partial charge in [0.15, 0.2) is 0 Å². The minimum atomic E-state index is -0.861. The monoisotopic (exact) mass is 263 g/mol. The second-order valence-corrected chi connectivity index (χ2v) is 7.22. The number of hydrogen-bond acceptors (Lipinski definition) is 2. The molecule has 3 atom stereocenters. The van der Waals surface area contributed by atoms with Crippen molar-refractivity contribution in [3.8, 4) is 0 Å². The molecule has 3 rings (SSSR count). The molecule has 2 N–H and O–H groups in total. The summed E-state index contributed by atoms with van der Waals surface area (Å²) in [5.41, 5.74) is 8.67. The molecule has 0 saturated heterocycles. The Morgan fingerprint density at radius 1 is 1.17 bits per heavy atom. The van der Waals surface area contributed by atoms with Gasteiger partial charge in [-0.1, -0.05) is 12.5 Å². The summed E-state index contributed by atoms with van der Waals surface area (Å²) in [4.78, 5) is 1.03. The summed E-state index contributed by atoms with van der Waals surface area (Å²) >= 11 is 0. The van der Waals surface area contributed by atoms with Gasteiger partial charge < -0.3 is 5.73 Å². The van der Waals surface area contributed by atoms with Gasteiger partial charge in [0.05, 0.1) is 10.8 Å². The van der Waals surface area contributed by atoms with Crippen molar-refractivity contribution in [1.29, 1.82) is 0 Å². The molecule has 0 radical (unpaired) electrons. The first-order valence-corrected chi connectivity index (χ1v) is 8.23. The fourth-order valence-corrected chi connectivity index (χ4v) is 5.19. The van der Waals surface area contributed by atoms with Crippen LogP contribution in [-0.2, 0) is 23.6 Å². The molecule has 0 amide bonds. The van der Waals surface area contributed by atoms with Crippen LogP contribution >= 0.6 is 0 Å². The van der Waals surface area contributed by atoms with Crippen molar-refractivity contribution < 1.29 is 4.21 Å². The highest BCUT2D eigenvalue weighted by Gasteiger charge is 2.31. The third-order valence-corrected chi connectivity index (χ3v) is 6.36. The molecule has 1 saturated carbocycles. The quantitative estimate of drug-likeness (QED) is 0.910. The largest absolute Gasteiger partial charge is 0.330 e. The fraction of sp³-hybridized carbons (Fsp3) is 0.600. The minimum Gasteiger partial charge on any atom is -0.330 e. The van der Waals surface area contributed by atoms with Crippen molar-refractivity contribution in [3.05, 3.63) is 29.3 Å². The predicted octanol–water partition coefficient (Wildman–Crippen LogP) is 2.41. The second-order valence-electron chi connectivity index (χ2n) is 5.55. The van der Waals surface area contributed by atoms with E-state index in [4.69, 9.17) is 5.73 Å². The van der Waals surface area contributed by atoms with Crippen molar-refractivity contribution in [2.45, 2.75) is 48.7 Å². The molecule has 1 aromatic carbocycles. The summed E-state index contributed by atoms with van der Waals surface area (Å²) in [6.07, 6.45) is 7.01.